The molecule has 1 amide bonds. The highest BCUT2D eigenvalue weighted by atomic mass is 32.2. The van der Waals surface area contributed by atoms with Gasteiger partial charge in [0.1, 0.15) is 4.32 Å². The number of carbonyl (C=O) groups excluding carboxylic acids is 2. The molecule has 1 saturated heterocycles. The van der Waals surface area contributed by atoms with Crippen LogP contribution in [0.5, 0.6) is 0 Å². The van der Waals surface area contributed by atoms with Gasteiger partial charge in [0.05, 0.1) is 10.6 Å². The fourth-order valence-electron chi connectivity index (χ4n) is 2.25. The molecule has 1 N–H and O–H groups in total. The highest BCUT2D eigenvalue weighted by Gasteiger charge is 2.23. The van der Waals surface area contributed by atoms with E-state index in [0.717, 1.165) is 11.1 Å². The van der Waals surface area contributed by atoms with Crippen LogP contribution >= 0.6 is 24.0 Å². The molecule has 1 aliphatic heterocycles. The molecule has 0 saturated carbocycles. The number of aryl methyl sites for hydroxylation is 1. The van der Waals surface area contributed by atoms with Crippen LogP contribution in [0, 0.1) is 0 Å². The van der Waals surface area contributed by atoms with Crippen molar-refractivity contribution in [2.75, 3.05) is 0 Å². The standard InChI is InChI=1S/C16H13N3O3S2/c20-13(21)6-7-19-9-11(8-12-15(22)17-16(23)24-12)14(18-19)10-4-2-1-3-5-10/h1-5,8-9H,6-7H2,(H,20,21)(H,17,22,23)/p-1/b12-8+. The van der Waals surface area contributed by atoms with E-state index in [1.807, 2.05) is 30.3 Å². The summed E-state index contributed by atoms with van der Waals surface area (Å²) in [5.74, 6) is -1.38. The first-order valence-electron chi connectivity index (χ1n) is 7.10. The molecule has 24 heavy (non-hydrogen) atoms. The van der Waals surface area contributed by atoms with E-state index in [0.29, 0.717) is 14.9 Å². The second-order valence-corrected chi connectivity index (χ2v) is 6.76. The number of carbonyl (C=O) groups is 2. The molecule has 0 aliphatic carbocycles. The lowest BCUT2D eigenvalue weighted by Crippen LogP contribution is -2.23. The molecule has 3 rings (SSSR count). The molecule has 2 aromatic rings. The van der Waals surface area contributed by atoms with Crippen molar-refractivity contribution in [3.05, 3.63) is 47.0 Å². The largest absolute Gasteiger partial charge is 0.550 e. The summed E-state index contributed by atoms with van der Waals surface area (Å²) in [6.45, 7) is 0.198. The van der Waals surface area contributed by atoms with Gasteiger partial charge in [-0.25, -0.2) is 0 Å². The number of hydrogen-bond donors (Lipinski definition) is 1. The third-order valence-corrected chi connectivity index (χ3v) is 4.47. The van der Waals surface area contributed by atoms with Gasteiger partial charge in [-0.15, -0.1) is 0 Å². The number of carboxylic acid groups (broad SMARTS) is 1. The van der Waals surface area contributed by atoms with E-state index in [9.17, 15) is 14.7 Å². The number of aliphatic carboxylic acids is 1. The zero-order chi connectivity index (χ0) is 17.1. The van der Waals surface area contributed by atoms with E-state index in [-0.39, 0.29) is 18.9 Å². The summed E-state index contributed by atoms with van der Waals surface area (Å²) in [7, 11) is 0. The highest BCUT2D eigenvalue weighted by molar-refractivity contribution is 8.26. The monoisotopic (exact) mass is 358 g/mol. The van der Waals surface area contributed by atoms with Gasteiger partial charge in [-0.1, -0.05) is 54.3 Å². The number of thioether (sulfide) groups is 1. The molecule has 0 unspecified atom stereocenters. The normalized spacial score (nSPS) is 15.8. The molecular weight excluding hydrogens is 346 g/mol. The third-order valence-electron chi connectivity index (χ3n) is 3.31. The van der Waals surface area contributed by atoms with Gasteiger partial charge in [0.2, 0.25) is 0 Å². The summed E-state index contributed by atoms with van der Waals surface area (Å²) in [5, 5.41) is 17.7. The minimum atomic E-state index is -1.14. The smallest absolute Gasteiger partial charge is 0.263 e. The number of amides is 1. The lowest BCUT2D eigenvalue weighted by molar-refractivity contribution is -0.306. The molecule has 2 heterocycles. The summed E-state index contributed by atoms with van der Waals surface area (Å²) < 4.78 is 1.96. The van der Waals surface area contributed by atoms with Crippen LogP contribution in [0.3, 0.4) is 0 Å². The number of aromatic nitrogens is 2. The maximum atomic E-state index is 11.9. The van der Waals surface area contributed by atoms with Crippen molar-refractivity contribution < 1.29 is 14.7 Å². The Morgan fingerprint density at radius 1 is 1.38 bits per heavy atom. The Hall–Kier alpha value is -2.45. The summed E-state index contributed by atoms with van der Waals surface area (Å²) in [5.41, 5.74) is 2.28. The van der Waals surface area contributed by atoms with Crippen molar-refractivity contribution in [3.63, 3.8) is 0 Å². The maximum Gasteiger partial charge on any atom is 0.263 e. The molecular formula is C16H12N3O3S2-. The number of nitrogens with one attached hydrogen (secondary N) is 1. The summed E-state index contributed by atoms with van der Waals surface area (Å²) in [6.07, 6.45) is 3.29. The van der Waals surface area contributed by atoms with Gasteiger partial charge in [-0.05, 0) is 6.08 Å². The van der Waals surface area contributed by atoms with Gasteiger partial charge in [-0.3, -0.25) is 9.48 Å². The van der Waals surface area contributed by atoms with Gasteiger partial charge in [0.15, 0.2) is 0 Å². The van der Waals surface area contributed by atoms with Gasteiger partial charge >= 0.3 is 0 Å². The van der Waals surface area contributed by atoms with Crippen molar-refractivity contribution in [1.29, 1.82) is 0 Å². The van der Waals surface area contributed by atoms with Crippen LogP contribution in [0.15, 0.2) is 41.4 Å². The predicted octanol–water partition coefficient (Wildman–Crippen LogP) is 1.18. The summed E-state index contributed by atoms with van der Waals surface area (Å²) >= 11 is 6.18. The quantitative estimate of drug-likeness (QED) is 0.638. The first kappa shape index (κ1) is 16.4. The van der Waals surface area contributed by atoms with E-state index in [1.54, 1.807) is 17.0 Å². The number of hydrogen-bond acceptors (Lipinski definition) is 6. The fourth-order valence-corrected chi connectivity index (χ4v) is 3.28. The van der Waals surface area contributed by atoms with Crippen LogP contribution in [0.4, 0.5) is 0 Å². The number of thiocarbonyl (C=S) groups is 1. The maximum absolute atomic E-state index is 11.9. The molecule has 1 aromatic carbocycles. The van der Waals surface area contributed by atoms with Gasteiger partial charge in [0.25, 0.3) is 5.91 Å². The molecule has 1 aliphatic rings. The van der Waals surface area contributed by atoms with E-state index < -0.39 is 5.97 Å². The van der Waals surface area contributed by atoms with Crippen molar-refractivity contribution in [2.24, 2.45) is 0 Å². The van der Waals surface area contributed by atoms with Crippen LogP contribution in [0.2, 0.25) is 0 Å². The number of nitrogens with zero attached hydrogens (tertiary/aromatic N) is 2. The van der Waals surface area contributed by atoms with E-state index in [4.69, 9.17) is 12.2 Å². The van der Waals surface area contributed by atoms with Crippen LogP contribution in [-0.4, -0.2) is 26.0 Å². The lowest BCUT2D eigenvalue weighted by Gasteiger charge is -2.01. The van der Waals surface area contributed by atoms with Crippen molar-refractivity contribution in [3.8, 4) is 11.3 Å². The average molecular weight is 358 g/mol. The molecule has 122 valence electrons. The van der Waals surface area contributed by atoms with Crippen molar-refractivity contribution in [1.82, 2.24) is 15.1 Å². The van der Waals surface area contributed by atoms with Gasteiger partial charge in [0, 0.05) is 36.3 Å². The summed E-state index contributed by atoms with van der Waals surface area (Å²) in [6, 6.07) is 9.48. The Bertz CT molecular complexity index is 844. The second kappa shape index (κ2) is 6.98. The molecule has 1 aromatic heterocycles. The Kier molecular flexibility index (Phi) is 4.77. The molecule has 6 nitrogen and oxygen atoms in total. The molecule has 0 radical (unpaired) electrons. The first-order chi connectivity index (χ1) is 11.5. The van der Waals surface area contributed by atoms with Crippen molar-refractivity contribution in [2.45, 2.75) is 13.0 Å². The number of benzene rings is 1. The lowest BCUT2D eigenvalue weighted by atomic mass is 10.1. The Morgan fingerprint density at radius 3 is 2.75 bits per heavy atom. The van der Waals surface area contributed by atoms with Crippen LogP contribution in [-0.2, 0) is 16.1 Å². The molecule has 0 atom stereocenters. The topological polar surface area (TPSA) is 87.0 Å². The Balaban J connectivity index is 2.00. The Labute approximate surface area is 147 Å². The summed E-state index contributed by atoms with van der Waals surface area (Å²) in [4.78, 5) is 23.0. The van der Waals surface area contributed by atoms with E-state index in [2.05, 4.69) is 10.4 Å². The Morgan fingerprint density at radius 2 is 2.12 bits per heavy atom. The number of carboxylic acids is 1. The predicted molar refractivity (Wildman–Crippen MR) is 93.6 cm³/mol. The van der Waals surface area contributed by atoms with Crippen molar-refractivity contribution >= 4 is 46.3 Å². The zero-order valence-corrected chi connectivity index (χ0v) is 14.0. The SMILES string of the molecule is O=C([O-])CCn1cc(/C=C2/SC(=S)NC2=O)c(-c2ccccc2)n1. The van der Waals surface area contributed by atoms with E-state index in [1.165, 1.54) is 11.8 Å². The number of rotatable bonds is 5. The van der Waals surface area contributed by atoms with Crippen LogP contribution in [0.25, 0.3) is 17.3 Å². The average Bonchev–Trinajstić information content (AvgIpc) is 3.09. The first-order valence-corrected chi connectivity index (χ1v) is 8.33. The minimum absolute atomic E-state index is 0.134. The van der Waals surface area contributed by atoms with Gasteiger partial charge in [-0.2, -0.15) is 5.10 Å². The zero-order valence-electron chi connectivity index (χ0n) is 12.4. The van der Waals surface area contributed by atoms with Gasteiger partial charge < -0.3 is 15.2 Å². The molecule has 0 bridgehead atoms. The highest BCUT2D eigenvalue weighted by Crippen LogP contribution is 2.30. The van der Waals surface area contributed by atoms with Crippen LogP contribution in [0.1, 0.15) is 12.0 Å². The fraction of sp³-hybridized carbons (Fsp3) is 0.125. The molecule has 8 heteroatoms. The third kappa shape index (κ3) is 3.72. The minimum Gasteiger partial charge on any atom is -0.550 e. The second-order valence-electron chi connectivity index (χ2n) is 5.04. The molecule has 1 fully saturated rings. The molecule has 0 spiro atoms. The van der Waals surface area contributed by atoms with Crippen LogP contribution < -0.4 is 10.4 Å². The van der Waals surface area contributed by atoms with E-state index >= 15 is 0 Å².